The van der Waals surface area contributed by atoms with Gasteiger partial charge in [0.1, 0.15) is 5.25 Å². The Morgan fingerprint density at radius 1 is 1.15 bits per heavy atom. The van der Waals surface area contributed by atoms with E-state index in [1.165, 1.54) is 23.1 Å². The first-order chi connectivity index (χ1) is 12.5. The molecule has 0 aliphatic heterocycles. The summed E-state index contributed by atoms with van der Waals surface area (Å²) in [5.41, 5.74) is 1.78. The molecule has 1 N–H and O–H groups in total. The van der Waals surface area contributed by atoms with Gasteiger partial charge in [0.2, 0.25) is 11.0 Å². The Morgan fingerprint density at radius 3 is 2.62 bits per heavy atom. The Kier molecular flexibility index (Phi) is 6.13. The van der Waals surface area contributed by atoms with Gasteiger partial charge in [0.25, 0.3) is 0 Å². The van der Waals surface area contributed by atoms with E-state index in [1.807, 2.05) is 54.6 Å². The van der Waals surface area contributed by atoms with Crippen LogP contribution in [0.25, 0.3) is 0 Å². The van der Waals surface area contributed by atoms with Gasteiger partial charge < -0.3 is 10.2 Å². The van der Waals surface area contributed by atoms with E-state index in [4.69, 9.17) is 11.6 Å². The molecule has 3 rings (SSSR count). The van der Waals surface area contributed by atoms with Crippen molar-refractivity contribution in [1.82, 2.24) is 15.1 Å². The Bertz CT molecular complexity index is 886. The lowest BCUT2D eigenvalue weighted by Gasteiger charge is -2.19. The Balaban J connectivity index is 1.77. The molecule has 0 aliphatic rings. The summed E-state index contributed by atoms with van der Waals surface area (Å²) < 4.78 is 0.721. The number of likely N-dealkylation sites (N-methyl/N-ethyl adjacent to an activating group) is 1. The predicted molar refractivity (Wildman–Crippen MR) is 108 cm³/mol. The van der Waals surface area contributed by atoms with Gasteiger partial charge in [0, 0.05) is 24.8 Å². The number of aromatic nitrogens is 2. The van der Waals surface area contributed by atoms with Crippen molar-refractivity contribution in [2.24, 2.45) is 0 Å². The highest BCUT2D eigenvalue weighted by molar-refractivity contribution is 8.01. The molecule has 5 nitrogen and oxygen atoms in total. The standard InChI is InChI=1S/C18H17ClN4OS2/c1-23(2)16(24)15(12-7-4-3-5-8-12)25-18-22-21-17(26-18)20-14-10-6-9-13(19)11-14/h3-11,15H,1-2H3,(H,20,21)/t15-/m1/s1. The van der Waals surface area contributed by atoms with E-state index in [0.29, 0.717) is 10.2 Å². The van der Waals surface area contributed by atoms with E-state index < -0.39 is 0 Å². The predicted octanol–water partition coefficient (Wildman–Crippen LogP) is 4.86. The van der Waals surface area contributed by atoms with Crippen LogP contribution in [-0.2, 0) is 4.79 Å². The summed E-state index contributed by atoms with van der Waals surface area (Å²) in [6, 6.07) is 17.1. The average molecular weight is 405 g/mol. The quantitative estimate of drug-likeness (QED) is 0.594. The van der Waals surface area contributed by atoms with Gasteiger partial charge in [-0.25, -0.2) is 0 Å². The second-order valence-electron chi connectivity index (χ2n) is 5.65. The fourth-order valence-corrected chi connectivity index (χ4v) is 4.52. The van der Waals surface area contributed by atoms with E-state index in [0.717, 1.165) is 15.6 Å². The second kappa shape index (κ2) is 8.53. The van der Waals surface area contributed by atoms with Gasteiger partial charge in [0.15, 0.2) is 4.34 Å². The number of nitrogens with zero attached hydrogens (tertiary/aromatic N) is 3. The molecule has 1 heterocycles. The monoisotopic (exact) mass is 404 g/mol. The molecule has 1 aromatic heterocycles. The highest BCUT2D eigenvalue weighted by Gasteiger charge is 2.25. The molecule has 0 spiro atoms. The number of anilines is 2. The van der Waals surface area contributed by atoms with E-state index >= 15 is 0 Å². The second-order valence-corrected chi connectivity index (χ2v) is 8.42. The molecule has 2 aromatic carbocycles. The largest absolute Gasteiger partial charge is 0.348 e. The van der Waals surface area contributed by atoms with Gasteiger partial charge >= 0.3 is 0 Å². The maximum atomic E-state index is 12.6. The third-order valence-electron chi connectivity index (χ3n) is 3.47. The lowest BCUT2D eigenvalue weighted by Crippen LogP contribution is -2.26. The molecule has 0 fully saturated rings. The molecule has 0 bridgehead atoms. The first-order valence-corrected chi connectivity index (χ1v) is 9.89. The molecule has 0 saturated heterocycles. The Hall–Kier alpha value is -2.09. The number of halogens is 1. The molecule has 0 radical (unpaired) electrons. The van der Waals surface area contributed by atoms with E-state index in [1.54, 1.807) is 19.0 Å². The van der Waals surface area contributed by atoms with Crippen molar-refractivity contribution in [1.29, 1.82) is 0 Å². The Labute approximate surface area is 165 Å². The van der Waals surface area contributed by atoms with Crippen LogP contribution in [0.2, 0.25) is 5.02 Å². The third-order valence-corrected chi connectivity index (χ3v) is 5.87. The van der Waals surface area contributed by atoms with E-state index in [-0.39, 0.29) is 11.2 Å². The van der Waals surface area contributed by atoms with Crippen molar-refractivity contribution >= 4 is 51.4 Å². The summed E-state index contributed by atoms with van der Waals surface area (Å²) >= 11 is 8.80. The zero-order valence-electron chi connectivity index (χ0n) is 14.2. The van der Waals surface area contributed by atoms with Crippen molar-refractivity contribution in [3.05, 3.63) is 65.2 Å². The molecule has 1 atom stereocenters. The SMILES string of the molecule is CN(C)C(=O)[C@H](Sc1nnc(Nc2cccc(Cl)c2)s1)c1ccccc1. The van der Waals surface area contributed by atoms with Gasteiger partial charge in [-0.3, -0.25) is 4.79 Å². The molecule has 8 heteroatoms. The molecule has 0 saturated carbocycles. The van der Waals surface area contributed by atoms with Crippen LogP contribution >= 0.6 is 34.7 Å². The van der Waals surface area contributed by atoms with Crippen LogP contribution < -0.4 is 5.32 Å². The van der Waals surface area contributed by atoms with Crippen molar-refractivity contribution in [3.8, 4) is 0 Å². The summed E-state index contributed by atoms with van der Waals surface area (Å²) in [6.45, 7) is 0. The molecule has 0 unspecified atom stereocenters. The molecule has 0 aliphatic carbocycles. The molecular weight excluding hydrogens is 388 g/mol. The van der Waals surface area contributed by atoms with Crippen LogP contribution in [0.4, 0.5) is 10.8 Å². The normalized spacial score (nSPS) is 11.8. The molecule has 3 aromatic rings. The first-order valence-electron chi connectivity index (χ1n) is 7.82. The number of hydrogen-bond donors (Lipinski definition) is 1. The number of thioether (sulfide) groups is 1. The van der Waals surface area contributed by atoms with Gasteiger partial charge in [-0.1, -0.05) is 71.1 Å². The summed E-state index contributed by atoms with van der Waals surface area (Å²) in [6.07, 6.45) is 0. The number of benzene rings is 2. The fourth-order valence-electron chi connectivity index (χ4n) is 2.22. The fraction of sp³-hybridized carbons (Fsp3) is 0.167. The Morgan fingerprint density at radius 2 is 1.92 bits per heavy atom. The third kappa shape index (κ3) is 4.75. The van der Waals surface area contributed by atoms with Crippen LogP contribution in [0.1, 0.15) is 10.8 Å². The van der Waals surface area contributed by atoms with E-state index in [2.05, 4.69) is 15.5 Å². The smallest absolute Gasteiger partial charge is 0.240 e. The van der Waals surface area contributed by atoms with Gasteiger partial charge in [-0.15, -0.1) is 10.2 Å². The number of amides is 1. The van der Waals surface area contributed by atoms with Crippen molar-refractivity contribution in [2.75, 3.05) is 19.4 Å². The minimum atomic E-state index is -0.363. The molecule has 134 valence electrons. The summed E-state index contributed by atoms with van der Waals surface area (Å²) in [5.74, 6) is 0.0146. The van der Waals surface area contributed by atoms with Gasteiger partial charge in [0.05, 0.1) is 0 Å². The number of carbonyl (C=O) groups is 1. The lowest BCUT2D eigenvalue weighted by molar-refractivity contribution is -0.128. The highest BCUT2D eigenvalue weighted by atomic mass is 35.5. The van der Waals surface area contributed by atoms with Gasteiger partial charge in [-0.2, -0.15) is 0 Å². The van der Waals surface area contributed by atoms with Crippen LogP contribution in [0.15, 0.2) is 58.9 Å². The number of rotatable bonds is 6. The van der Waals surface area contributed by atoms with E-state index in [9.17, 15) is 4.79 Å². The topological polar surface area (TPSA) is 58.1 Å². The lowest BCUT2D eigenvalue weighted by atomic mass is 10.1. The molecule has 26 heavy (non-hydrogen) atoms. The van der Waals surface area contributed by atoms with Crippen LogP contribution in [0, 0.1) is 0 Å². The van der Waals surface area contributed by atoms with Crippen LogP contribution in [-0.4, -0.2) is 35.1 Å². The number of hydrogen-bond acceptors (Lipinski definition) is 6. The maximum absolute atomic E-state index is 12.6. The maximum Gasteiger partial charge on any atom is 0.240 e. The average Bonchev–Trinajstić information content (AvgIpc) is 3.07. The van der Waals surface area contributed by atoms with Crippen molar-refractivity contribution < 1.29 is 4.79 Å². The minimum Gasteiger partial charge on any atom is -0.348 e. The first kappa shape index (κ1) is 18.7. The zero-order valence-corrected chi connectivity index (χ0v) is 16.6. The minimum absolute atomic E-state index is 0.0146. The molecular formula is C18H17ClN4OS2. The summed E-state index contributed by atoms with van der Waals surface area (Å²) in [5, 5.41) is 12.5. The van der Waals surface area contributed by atoms with Gasteiger partial charge in [-0.05, 0) is 23.8 Å². The van der Waals surface area contributed by atoms with Crippen LogP contribution in [0.3, 0.4) is 0 Å². The zero-order chi connectivity index (χ0) is 18.5. The van der Waals surface area contributed by atoms with Crippen LogP contribution in [0.5, 0.6) is 0 Å². The molecule has 1 amide bonds. The highest BCUT2D eigenvalue weighted by Crippen LogP contribution is 2.39. The summed E-state index contributed by atoms with van der Waals surface area (Å²) in [7, 11) is 3.51. The number of nitrogens with one attached hydrogen (secondary N) is 1. The number of carbonyl (C=O) groups excluding carboxylic acids is 1. The van der Waals surface area contributed by atoms with Crippen molar-refractivity contribution in [3.63, 3.8) is 0 Å². The summed E-state index contributed by atoms with van der Waals surface area (Å²) in [4.78, 5) is 14.2. The van der Waals surface area contributed by atoms with Crippen molar-refractivity contribution in [2.45, 2.75) is 9.59 Å².